The first-order valence-corrected chi connectivity index (χ1v) is 11.6. The van der Waals surface area contributed by atoms with Gasteiger partial charge < -0.3 is 44.0 Å². The van der Waals surface area contributed by atoms with E-state index in [4.69, 9.17) is 28.0 Å². The standard InChI is InChI=1S/C18H34N8O6S/c1-33-8-6-10(19)15(29)26-11(3-2-7-23-18(21)22)16(30)24-9-14(28)25-12(17(31)32)4-5-13(20)27/h10-12H,2-9,19H2,1H3,(H2,20,27)(H,24,30)(H,25,28)(H,26,29)(H,31,32)(H4,21,22,23). The minimum Gasteiger partial charge on any atom is -0.480 e. The van der Waals surface area contributed by atoms with Gasteiger partial charge >= 0.3 is 5.97 Å². The molecule has 0 rings (SSSR count). The van der Waals surface area contributed by atoms with Gasteiger partial charge in [-0.05, 0) is 37.7 Å². The number of amides is 4. The van der Waals surface area contributed by atoms with Crippen LogP contribution in [0.25, 0.3) is 0 Å². The van der Waals surface area contributed by atoms with Gasteiger partial charge in [0.1, 0.15) is 12.1 Å². The predicted octanol–water partition coefficient (Wildman–Crippen LogP) is -3.44. The molecule has 0 aromatic heterocycles. The van der Waals surface area contributed by atoms with Gasteiger partial charge in [0.05, 0.1) is 12.6 Å². The molecule has 0 aromatic carbocycles. The van der Waals surface area contributed by atoms with Crippen molar-refractivity contribution in [2.45, 2.75) is 50.2 Å². The second kappa shape index (κ2) is 16.5. The molecule has 12 N–H and O–H groups in total. The summed E-state index contributed by atoms with van der Waals surface area (Å²) in [6.45, 7) is -0.320. The number of nitrogens with one attached hydrogen (secondary N) is 3. The number of aliphatic carboxylic acids is 1. The molecule has 0 saturated carbocycles. The molecule has 0 aromatic rings. The summed E-state index contributed by atoms with van der Waals surface area (Å²) in [6, 6.07) is -3.16. The molecule has 0 aliphatic rings. The van der Waals surface area contributed by atoms with Crippen LogP contribution in [-0.2, 0) is 24.0 Å². The Morgan fingerprint density at radius 2 is 1.64 bits per heavy atom. The smallest absolute Gasteiger partial charge is 0.326 e. The van der Waals surface area contributed by atoms with Crippen LogP contribution < -0.4 is 38.9 Å². The third-order valence-corrected chi connectivity index (χ3v) is 4.93. The second-order valence-electron chi connectivity index (χ2n) is 7.08. The van der Waals surface area contributed by atoms with Crippen LogP contribution in [0.2, 0.25) is 0 Å². The van der Waals surface area contributed by atoms with Crippen LogP contribution in [0.15, 0.2) is 4.99 Å². The molecule has 0 fully saturated rings. The van der Waals surface area contributed by atoms with Crippen molar-refractivity contribution >= 4 is 47.3 Å². The number of thioether (sulfide) groups is 1. The second-order valence-corrected chi connectivity index (χ2v) is 8.06. The molecule has 0 heterocycles. The molecule has 0 aliphatic heterocycles. The van der Waals surface area contributed by atoms with Crippen molar-refractivity contribution in [1.82, 2.24) is 16.0 Å². The first kappa shape index (κ1) is 29.9. The molecule has 4 amide bonds. The molecule has 0 saturated heterocycles. The summed E-state index contributed by atoms with van der Waals surface area (Å²) in [5.74, 6) is -3.48. The van der Waals surface area contributed by atoms with Crippen molar-refractivity contribution in [2.24, 2.45) is 27.9 Å². The molecule has 188 valence electrons. The molecule has 0 bridgehead atoms. The lowest BCUT2D eigenvalue weighted by atomic mass is 10.1. The van der Waals surface area contributed by atoms with Crippen LogP contribution in [0.5, 0.6) is 0 Å². The van der Waals surface area contributed by atoms with Crippen LogP contribution in [0.4, 0.5) is 0 Å². The average molecular weight is 491 g/mol. The Labute approximate surface area is 196 Å². The molecule has 14 nitrogen and oxygen atoms in total. The summed E-state index contributed by atoms with van der Waals surface area (Å²) in [5.41, 5.74) is 21.4. The number of carboxylic acids is 1. The number of hydrogen-bond donors (Lipinski definition) is 8. The fourth-order valence-electron chi connectivity index (χ4n) is 2.51. The quantitative estimate of drug-likeness (QED) is 0.0568. The van der Waals surface area contributed by atoms with E-state index < -0.39 is 54.3 Å². The number of carbonyl (C=O) groups excluding carboxylic acids is 4. The zero-order valence-electron chi connectivity index (χ0n) is 18.5. The molecular weight excluding hydrogens is 456 g/mol. The van der Waals surface area contributed by atoms with E-state index in [1.54, 1.807) is 0 Å². The highest BCUT2D eigenvalue weighted by molar-refractivity contribution is 7.98. The van der Waals surface area contributed by atoms with Gasteiger partial charge in [-0.1, -0.05) is 0 Å². The molecule has 0 radical (unpaired) electrons. The number of aliphatic imine (C=N–C) groups is 1. The van der Waals surface area contributed by atoms with E-state index in [1.807, 2.05) is 6.26 Å². The summed E-state index contributed by atoms with van der Waals surface area (Å²) < 4.78 is 0. The maximum atomic E-state index is 12.6. The van der Waals surface area contributed by atoms with Crippen molar-refractivity contribution in [3.8, 4) is 0 Å². The van der Waals surface area contributed by atoms with Gasteiger partial charge in [-0.2, -0.15) is 11.8 Å². The fraction of sp³-hybridized carbons (Fsp3) is 0.667. The summed E-state index contributed by atoms with van der Waals surface area (Å²) in [4.78, 5) is 62.8. The van der Waals surface area contributed by atoms with E-state index in [9.17, 15) is 24.0 Å². The maximum absolute atomic E-state index is 12.6. The maximum Gasteiger partial charge on any atom is 0.326 e. The van der Waals surface area contributed by atoms with Crippen LogP contribution in [0.3, 0.4) is 0 Å². The fourth-order valence-corrected chi connectivity index (χ4v) is 3.00. The highest BCUT2D eigenvalue weighted by Gasteiger charge is 2.25. The Balaban J connectivity index is 4.94. The monoisotopic (exact) mass is 490 g/mol. The first-order chi connectivity index (χ1) is 15.5. The predicted molar refractivity (Wildman–Crippen MR) is 124 cm³/mol. The number of carbonyl (C=O) groups is 5. The van der Waals surface area contributed by atoms with E-state index in [1.165, 1.54) is 11.8 Å². The van der Waals surface area contributed by atoms with E-state index in [-0.39, 0.29) is 31.8 Å². The van der Waals surface area contributed by atoms with Crippen molar-refractivity contribution in [2.75, 3.05) is 25.1 Å². The number of rotatable bonds is 17. The van der Waals surface area contributed by atoms with Crippen molar-refractivity contribution in [3.63, 3.8) is 0 Å². The van der Waals surface area contributed by atoms with Crippen LogP contribution >= 0.6 is 11.8 Å². The number of primary amides is 1. The minimum atomic E-state index is -1.35. The molecule has 33 heavy (non-hydrogen) atoms. The summed E-state index contributed by atoms with van der Waals surface area (Å²) >= 11 is 1.53. The SMILES string of the molecule is CSCCC(N)C(=O)NC(CCCN=C(N)N)C(=O)NCC(=O)NC(CCC(N)=O)C(=O)O. The van der Waals surface area contributed by atoms with Crippen LogP contribution in [0, 0.1) is 0 Å². The van der Waals surface area contributed by atoms with E-state index in [0.29, 0.717) is 18.6 Å². The van der Waals surface area contributed by atoms with Gasteiger partial charge in [-0.3, -0.25) is 24.2 Å². The topological polar surface area (TPSA) is 258 Å². The first-order valence-electron chi connectivity index (χ1n) is 10.2. The lowest BCUT2D eigenvalue weighted by Crippen LogP contribution is -2.53. The minimum absolute atomic E-state index is 0.111. The normalized spacial score (nSPS) is 13.2. The number of guanidine groups is 1. The average Bonchev–Trinajstić information content (AvgIpc) is 2.74. The summed E-state index contributed by atoms with van der Waals surface area (Å²) in [5, 5.41) is 16.2. The Bertz CT molecular complexity index is 716. The Kier molecular flexibility index (Phi) is 15.0. The lowest BCUT2D eigenvalue weighted by molar-refractivity contribution is -0.142. The zero-order chi connectivity index (χ0) is 25.4. The van der Waals surface area contributed by atoms with Crippen molar-refractivity contribution < 1.29 is 29.1 Å². The summed E-state index contributed by atoms with van der Waals surface area (Å²) in [7, 11) is 0. The molecule has 3 unspecified atom stereocenters. The van der Waals surface area contributed by atoms with E-state index in [2.05, 4.69) is 20.9 Å². The number of nitrogens with two attached hydrogens (primary N) is 4. The van der Waals surface area contributed by atoms with Crippen molar-refractivity contribution in [1.29, 1.82) is 0 Å². The van der Waals surface area contributed by atoms with E-state index in [0.717, 1.165) is 0 Å². The largest absolute Gasteiger partial charge is 0.480 e. The van der Waals surface area contributed by atoms with Gasteiger partial charge in [0.15, 0.2) is 5.96 Å². The Morgan fingerprint density at radius 3 is 2.18 bits per heavy atom. The molecule has 3 atom stereocenters. The third-order valence-electron chi connectivity index (χ3n) is 4.28. The van der Waals surface area contributed by atoms with Crippen LogP contribution in [-0.4, -0.2) is 83.9 Å². The molecular formula is C18H34N8O6S. The molecule has 0 spiro atoms. The van der Waals surface area contributed by atoms with Gasteiger partial charge in [-0.25, -0.2) is 4.79 Å². The van der Waals surface area contributed by atoms with Gasteiger partial charge in [0.2, 0.25) is 23.6 Å². The zero-order valence-corrected chi connectivity index (χ0v) is 19.4. The third kappa shape index (κ3) is 14.6. The Hall–Kier alpha value is -3.07. The van der Waals surface area contributed by atoms with Gasteiger partial charge in [-0.15, -0.1) is 0 Å². The highest BCUT2D eigenvalue weighted by Crippen LogP contribution is 2.03. The van der Waals surface area contributed by atoms with Crippen molar-refractivity contribution in [3.05, 3.63) is 0 Å². The number of carboxylic acid groups (broad SMARTS) is 1. The number of nitrogens with zero attached hydrogens (tertiary/aromatic N) is 1. The lowest BCUT2D eigenvalue weighted by Gasteiger charge is -2.21. The molecule has 0 aliphatic carbocycles. The molecule has 15 heteroatoms. The van der Waals surface area contributed by atoms with Gasteiger partial charge in [0.25, 0.3) is 0 Å². The van der Waals surface area contributed by atoms with Crippen LogP contribution in [0.1, 0.15) is 32.1 Å². The summed E-state index contributed by atoms with van der Waals surface area (Å²) in [6.07, 6.45) is 2.39. The van der Waals surface area contributed by atoms with Gasteiger partial charge in [0, 0.05) is 13.0 Å². The Morgan fingerprint density at radius 1 is 0.970 bits per heavy atom. The highest BCUT2D eigenvalue weighted by atomic mass is 32.2. The number of hydrogen-bond acceptors (Lipinski definition) is 8. The van der Waals surface area contributed by atoms with E-state index >= 15 is 0 Å².